The van der Waals surface area contributed by atoms with Gasteiger partial charge in [0.2, 0.25) is 0 Å². The first-order valence-electron chi connectivity index (χ1n) is 4.62. The summed E-state index contributed by atoms with van der Waals surface area (Å²) < 4.78 is 0. The third kappa shape index (κ3) is 2.92. The fourth-order valence-electron chi connectivity index (χ4n) is 1.38. The molecule has 9 heteroatoms. The normalized spacial score (nSPS) is 27.1. The number of carboxylic acid groups (broad SMARTS) is 1. The number of carbonyl (C=O) groups excluding carboxylic acids is 2. The molecule has 0 radical (unpaired) electrons. The van der Waals surface area contributed by atoms with Gasteiger partial charge in [-0.2, -0.15) is 12.6 Å². The number of carbonyl (C=O) groups is 3. The summed E-state index contributed by atoms with van der Waals surface area (Å²) in [5.41, 5.74) is -3.27. The minimum absolute atomic E-state index is 0.0555. The lowest BCUT2D eigenvalue weighted by molar-refractivity contribution is -0.163. The monoisotopic (exact) mass is 281 g/mol. The maximum absolute atomic E-state index is 11.5. The van der Waals surface area contributed by atoms with E-state index >= 15 is 0 Å². The minimum atomic E-state index is -1.63. The Morgan fingerprint density at radius 1 is 1.35 bits per heavy atom. The van der Waals surface area contributed by atoms with Crippen molar-refractivity contribution in [2.75, 3.05) is 5.75 Å². The summed E-state index contributed by atoms with van der Waals surface area (Å²) in [6, 6.07) is -1.42. The zero-order valence-corrected chi connectivity index (χ0v) is 10.2. The molecule has 1 aliphatic heterocycles. The second-order valence-electron chi connectivity index (χ2n) is 3.25. The number of carboxylic acids is 1. The van der Waals surface area contributed by atoms with Crippen LogP contribution in [0.1, 0.15) is 6.42 Å². The number of thioether (sulfide) groups is 1. The lowest BCUT2D eigenvalue weighted by atomic mass is 10.2. The van der Waals surface area contributed by atoms with Crippen LogP contribution >= 0.6 is 24.4 Å². The molecule has 3 N–H and O–H groups in total. The molecule has 2 unspecified atom stereocenters. The van der Waals surface area contributed by atoms with E-state index in [0.717, 1.165) is 0 Å². The summed E-state index contributed by atoms with van der Waals surface area (Å²) in [7, 11) is 0. The first kappa shape index (κ1) is 14.3. The maximum Gasteiger partial charge on any atom is 0.326 e. The zero-order chi connectivity index (χ0) is 13.2. The average molecular weight is 281 g/mol. The number of nitrogens with zero attached hydrogens (tertiary/aromatic N) is 1. The third-order valence-corrected chi connectivity index (χ3v) is 3.33. The van der Waals surface area contributed by atoms with Crippen molar-refractivity contribution in [2.45, 2.75) is 23.3 Å². The molecule has 0 spiro atoms. The molecule has 3 atom stereocenters. The number of aliphatic carboxylic acids is 1. The van der Waals surface area contributed by atoms with E-state index in [4.69, 9.17) is 5.11 Å². The molecule has 0 bridgehead atoms. The van der Waals surface area contributed by atoms with Crippen LogP contribution in [0.4, 0.5) is 0 Å². The number of aliphatic hydroxyl groups is 2. The van der Waals surface area contributed by atoms with E-state index < -0.39 is 34.7 Å². The van der Waals surface area contributed by atoms with Gasteiger partial charge in [-0.3, -0.25) is 14.5 Å². The Bertz CT molecular complexity index is 329. The topological polar surface area (TPSA) is 115 Å². The maximum atomic E-state index is 11.5. The number of rotatable bonds is 4. The molecule has 1 aliphatic rings. The number of imide groups is 1. The lowest BCUT2D eigenvalue weighted by Gasteiger charge is -2.34. The summed E-state index contributed by atoms with van der Waals surface area (Å²) in [5.74, 6) is -3.29. The fraction of sp³-hybridized carbons (Fsp3) is 0.625. The lowest BCUT2D eigenvalue weighted by Crippen LogP contribution is -2.58. The molecule has 1 saturated heterocycles. The highest BCUT2D eigenvalue weighted by Crippen LogP contribution is 2.26. The highest BCUT2D eigenvalue weighted by Gasteiger charge is 2.45. The van der Waals surface area contributed by atoms with Crippen molar-refractivity contribution in [1.29, 1.82) is 0 Å². The van der Waals surface area contributed by atoms with Gasteiger partial charge in [-0.05, 0) is 12.2 Å². The second-order valence-corrected chi connectivity index (χ2v) is 4.87. The Labute approximate surface area is 106 Å². The first-order valence-corrected chi connectivity index (χ1v) is 6.19. The standard InChI is InChI=1S/C8H11NO6S2/c10-4-7(14)17-8(15)5(11)9(4)3(1-2-16)6(12)13/h3,7-8,14-16H,1-2H2,(H,12,13)/t3-,7?,8?/m0/s1. The van der Waals surface area contributed by atoms with Gasteiger partial charge in [-0.1, -0.05) is 11.8 Å². The Morgan fingerprint density at radius 3 is 2.18 bits per heavy atom. The van der Waals surface area contributed by atoms with E-state index in [2.05, 4.69) is 12.6 Å². The van der Waals surface area contributed by atoms with Crippen LogP contribution in [0.2, 0.25) is 0 Å². The molecule has 7 nitrogen and oxygen atoms in total. The van der Waals surface area contributed by atoms with Crippen LogP contribution in [-0.4, -0.2) is 60.7 Å². The molecule has 0 aromatic carbocycles. The number of amides is 2. The van der Waals surface area contributed by atoms with Crippen molar-refractivity contribution in [3.05, 3.63) is 0 Å². The number of thiol groups is 1. The summed E-state index contributed by atoms with van der Waals surface area (Å²) in [6.45, 7) is 0. The molecule has 0 aromatic heterocycles. The van der Waals surface area contributed by atoms with Gasteiger partial charge in [0, 0.05) is 0 Å². The number of aliphatic hydroxyl groups excluding tert-OH is 2. The van der Waals surface area contributed by atoms with Gasteiger partial charge in [-0.25, -0.2) is 4.79 Å². The Morgan fingerprint density at radius 2 is 1.82 bits per heavy atom. The predicted octanol–water partition coefficient (Wildman–Crippen LogP) is -1.50. The molecule has 1 rings (SSSR count). The molecular weight excluding hydrogens is 270 g/mol. The number of hydrogen-bond donors (Lipinski definition) is 4. The molecule has 0 aromatic rings. The minimum Gasteiger partial charge on any atom is -0.480 e. The van der Waals surface area contributed by atoms with Gasteiger partial charge in [0.1, 0.15) is 6.04 Å². The predicted molar refractivity (Wildman–Crippen MR) is 61.4 cm³/mol. The Hall–Kier alpha value is -0.770. The molecular formula is C8H11NO6S2. The largest absolute Gasteiger partial charge is 0.480 e. The van der Waals surface area contributed by atoms with E-state index in [9.17, 15) is 24.6 Å². The second kappa shape index (κ2) is 5.71. The van der Waals surface area contributed by atoms with Crippen LogP contribution in [-0.2, 0) is 14.4 Å². The fourth-order valence-corrected chi connectivity index (χ4v) is 2.33. The SMILES string of the molecule is O=C(O)[C@H](CCS)N1C(=O)C(O)SC(O)C1=O. The Kier molecular flexibility index (Phi) is 4.80. The zero-order valence-electron chi connectivity index (χ0n) is 8.52. The van der Waals surface area contributed by atoms with Crippen LogP contribution < -0.4 is 0 Å². The smallest absolute Gasteiger partial charge is 0.326 e. The van der Waals surface area contributed by atoms with Gasteiger partial charge < -0.3 is 15.3 Å². The molecule has 1 heterocycles. The molecule has 2 amide bonds. The summed E-state index contributed by atoms with van der Waals surface area (Å²) in [6.07, 6.45) is -0.0555. The molecule has 17 heavy (non-hydrogen) atoms. The van der Waals surface area contributed by atoms with Gasteiger partial charge >= 0.3 is 5.97 Å². The molecule has 1 fully saturated rings. The highest BCUT2D eigenvalue weighted by molar-refractivity contribution is 8.01. The molecule has 0 aliphatic carbocycles. The summed E-state index contributed by atoms with van der Waals surface area (Å²) >= 11 is 4.20. The van der Waals surface area contributed by atoms with Crippen LogP contribution in [0.15, 0.2) is 0 Å². The van der Waals surface area contributed by atoms with E-state index in [0.29, 0.717) is 16.7 Å². The van der Waals surface area contributed by atoms with Crippen molar-refractivity contribution in [3.63, 3.8) is 0 Å². The first-order chi connectivity index (χ1) is 7.90. The van der Waals surface area contributed by atoms with Crippen LogP contribution in [0.25, 0.3) is 0 Å². The van der Waals surface area contributed by atoms with E-state index in [1.165, 1.54) is 0 Å². The molecule has 96 valence electrons. The Balaban J connectivity index is 3.00. The number of hydrogen-bond acceptors (Lipinski definition) is 7. The third-order valence-electron chi connectivity index (χ3n) is 2.15. The highest BCUT2D eigenvalue weighted by atomic mass is 32.2. The van der Waals surface area contributed by atoms with Crippen LogP contribution in [0.3, 0.4) is 0 Å². The van der Waals surface area contributed by atoms with E-state index in [1.54, 1.807) is 0 Å². The van der Waals surface area contributed by atoms with Crippen molar-refractivity contribution in [2.24, 2.45) is 0 Å². The summed E-state index contributed by atoms with van der Waals surface area (Å²) in [5, 5.41) is 27.5. The average Bonchev–Trinajstić information content (AvgIpc) is 2.25. The van der Waals surface area contributed by atoms with Gasteiger partial charge in [-0.15, -0.1) is 0 Å². The van der Waals surface area contributed by atoms with Gasteiger partial charge in [0.05, 0.1) is 0 Å². The van der Waals surface area contributed by atoms with Crippen LogP contribution in [0, 0.1) is 0 Å². The van der Waals surface area contributed by atoms with Crippen molar-refractivity contribution in [3.8, 4) is 0 Å². The van der Waals surface area contributed by atoms with Gasteiger partial charge in [0.15, 0.2) is 10.9 Å². The van der Waals surface area contributed by atoms with Crippen molar-refractivity contribution >= 4 is 42.2 Å². The van der Waals surface area contributed by atoms with Crippen molar-refractivity contribution in [1.82, 2.24) is 4.90 Å². The van der Waals surface area contributed by atoms with E-state index in [1.807, 2.05) is 0 Å². The van der Waals surface area contributed by atoms with Crippen molar-refractivity contribution < 1.29 is 29.7 Å². The molecule has 0 saturated carbocycles. The quantitative estimate of drug-likeness (QED) is 0.366. The van der Waals surface area contributed by atoms with Crippen LogP contribution in [0.5, 0.6) is 0 Å². The van der Waals surface area contributed by atoms with Gasteiger partial charge in [0.25, 0.3) is 11.8 Å². The summed E-state index contributed by atoms with van der Waals surface area (Å²) in [4.78, 5) is 34.4. The van der Waals surface area contributed by atoms with E-state index in [-0.39, 0.29) is 12.2 Å².